The van der Waals surface area contributed by atoms with Crippen LogP contribution in [-0.4, -0.2) is 11.1 Å². The van der Waals surface area contributed by atoms with Gasteiger partial charge in [0.25, 0.3) is 0 Å². The van der Waals surface area contributed by atoms with Crippen molar-refractivity contribution < 1.29 is 9.90 Å². The fraction of sp³-hybridized carbons (Fsp3) is 0.235. The second-order valence-corrected chi connectivity index (χ2v) is 5.91. The minimum atomic E-state index is -0.803. The van der Waals surface area contributed by atoms with Crippen molar-refractivity contribution in [3.8, 4) is 0 Å². The summed E-state index contributed by atoms with van der Waals surface area (Å²) in [7, 11) is 0. The normalized spacial score (nSPS) is 12.1. The summed E-state index contributed by atoms with van der Waals surface area (Å²) in [6.07, 6.45) is 0.0587. The van der Waals surface area contributed by atoms with Gasteiger partial charge in [-0.2, -0.15) is 0 Å². The number of hydrogen-bond acceptors (Lipinski definition) is 2. The molecule has 2 aromatic rings. The molecule has 0 aromatic heterocycles. The van der Waals surface area contributed by atoms with Gasteiger partial charge >= 0.3 is 5.97 Å². The molecule has 3 nitrogen and oxygen atoms in total. The number of aliphatic carboxylic acids is 1. The average molecular weight is 348 g/mol. The fourth-order valence-electron chi connectivity index (χ4n) is 2.22. The number of halogens is 1. The van der Waals surface area contributed by atoms with Crippen LogP contribution in [0.25, 0.3) is 0 Å². The molecular formula is C17H18BrNO2. The third kappa shape index (κ3) is 4.69. The molecule has 0 aliphatic rings. The summed E-state index contributed by atoms with van der Waals surface area (Å²) in [6.45, 7) is 2.75. The van der Waals surface area contributed by atoms with Gasteiger partial charge in [0.1, 0.15) is 0 Å². The second kappa shape index (κ2) is 7.38. The Morgan fingerprint density at radius 1 is 1.19 bits per heavy atom. The van der Waals surface area contributed by atoms with Crippen LogP contribution >= 0.6 is 15.9 Å². The first-order valence-corrected chi connectivity index (χ1v) is 7.63. The zero-order valence-electron chi connectivity index (χ0n) is 11.8. The zero-order chi connectivity index (χ0) is 15.2. The minimum absolute atomic E-state index is 0.0587. The highest BCUT2D eigenvalue weighted by Crippen LogP contribution is 2.19. The third-order valence-electron chi connectivity index (χ3n) is 3.41. The van der Waals surface area contributed by atoms with Gasteiger partial charge in [-0.15, -0.1) is 0 Å². The lowest BCUT2D eigenvalue weighted by Crippen LogP contribution is -2.19. The molecule has 2 aromatic carbocycles. The van der Waals surface area contributed by atoms with Crippen molar-refractivity contribution in [3.05, 3.63) is 69.7 Å². The summed E-state index contributed by atoms with van der Waals surface area (Å²) in [6, 6.07) is 16.0. The Bertz CT molecular complexity index is 628. The predicted octanol–water partition coefficient (Wildman–Crippen LogP) is 3.93. The van der Waals surface area contributed by atoms with E-state index in [1.165, 1.54) is 5.56 Å². The maximum atomic E-state index is 10.9. The topological polar surface area (TPSA) is 49.3 Å². The van der Waals surface area contributed by atoms with E-state index in [1.807, 2.05) is 36.4 Å². The first-order valence-electron chi connectivity index (χ1n) is 6.83. The highest BCUT2D eigenvalue weighted by atomic mass is 79.9. The maximum absolute atomic E-state index is 10.9. The number of carboxylic acid groups (broad SMARTS) is 1. The lowest BCUT2D eigenvalue weighted by molar-refractivity contribution is -0.136. The van der Waals surface area contributed by atoms with Gasteiger partial charge in [0.15, 0.2) is 0 Å². The monoisotopic (exact) mass is 347 g/mol. The van der Waals surface area contributed by atoms with Crippen molar-refractivity contribution in [2.75, 3.05) is 0 Å². The standard InChI is InChI=1S/C17H18BrNO2/c1-12(13-7-4-8-16(18)9-13)19-11-15-6-3-2-5-14(15)10-17(20)21/h2-9,12,19H,10-11H2,1H3,(H,20,21). The maximum Gasteiger partial charge on any atom is 0.307 e. The lowest BCUT2D eigenvalue weighted by Gasteiger charge is -2.16. The van der Waals surface area contributed by atoms with E-state index in [4.69, 9.17) is 5.11 Å². The number of benzene rings is 2. The molecule has 0 spiro atoms. The molecule has 0 heterocycles. The molecule has 0 saturated heterocycles. The highest BCUT2D eigenvalue weighted by molar-refractivity contribution is 9.10. The number of rotatable bonds is 6. The summed E-state index contributed by atoms with van der Waals surface area (Å²) in [4.78, 5) is 10.9. The molecule has 21 heavy (non-hydrogen) atoms. The first-order chi connectivity index (χ1) is 10.1. The zero-order valence-corrected chi connectivity index (χ0v) is 13.4. The van der Waals surface area contributed by atoms with Crippen LogP contribution in [0.1, 0.15) is 29.7 Å². The van der Waals surface area contributed by atoms with Crippen molar-refractivity contribution in [3.63, 3.8) is 0 Å². The van der Waals surface area contributed by atoms with Gasteiger partial charge in [0.05, 0.1) is 6.42 Å². The SMILES string of the molecule is CC(NCc1ccccc1CC(=O)O)c1cccc(Br)c1. The van der Waals surface area contributed by atoms with Gasteiger partial charge in [-0.25, -0.2) is 0 Å². The van der Waals surface area contributed by atoms with Gasteiger partial charge < -0.3 is 10.4 Å². The Hall–Kier alpha value is -1.65. The molecule has 1 atom stereocenters. The molecule has 2 rings (SSSR count). The molecule has 0 radical (unpaired) electrons. The van der Waals surface area contributed by atoms with Crippen LogP contribution in [0.4, 0.5) is 0 Å². The van der Waals surface area contributed by atoms with E-state index in [1.54, 1.807) is 0 Å². The molecule has 1 unspecified atom stereocenters. The van der Waals surface area contributed by atoms with E-state index < -0.39 is 5.97 Å². The van der Waals surface area contributed by atoms with E-state index in [2.05, 4.69) is 40.3 Å². The number of carbonyl (C=O) groups is 1. The summed E-state index contributed by atoms with van der Waals surface area (Å²) in [5.41, 5.74) is 3.08. The largest absolute Gasteiger partial charge is 0.481 e. The van der Waals surface area contributed by atoms with Crippen LogP contribution < -0.4 is 5.32 Å². The second-order valence-electron chi connectivity index (χ2n) is 5.00. The van der Waals surface area contributed by atoms with Crippen molar-refractivity contribution in [2.24, 2.45) is 0 Å². The Kier molecular flexibility index (Phi) is 5.53. The van der Waals surface area contributed by atoms with E-state index in [0.717, 1.165) is 15.6 Å². The van der Waals surface area contributed by atoms with E-state index >= 15 is 0 Å². The van der Waals surface area contributed by atoms with Crippen LogP contribution in [0.2, 0.25) is 0 Å². The number of nitrogens with one attached hydrogen (secondary N) is 1. The van der Waals surface area contributed by atoms with Crippen molar-refractivity contribution in [1.82, 2.24) is 5.32 Å². The quantitative estimate of drug-likeness (QED) is 0.832. The van der Waals surface area contributed by atoms with Crippen molar-refractivity contribution in [2.45, 2.75) is 25.9 Å². The Morgan fingerprint density at radius 3 is 2.57 bits per heavy atom. The smallest absolute Gasteiger partial charge is 0.307 e. The number of carboxylic acids is 1. The molecular weight excluding hydrogens is 330 g/mol. The van der Waals surface area contributed by atoms with Crippen LogP contribution in [0, 0.1) is 0 Å². The molecule has 2 N–H and O–H groups in total. The Morgan fingerprint density at radius 2 is 1.90 bits per heavy atom. The van der Waals surface area contributed by atoms with Crippen LogP contribution in [0.3, 0.4) is 0 Å². The average Bonchev–Trinajstić information content (AvgIpc) is 2.45. The summed E-state index contributed by atoms with van der Waals surface area (Å²) in [5.74, 6) is -0.803. The molecule has 0 aliphatic carbocycles. The van der Waals surface area contributed by atoms with Gasteiger partial charge in [-0.3, -0.25) is 4.79 Å². The molecule has 0 saturated carbocycles. The minimum Gasteiger partial charge on any atom is -0.481 e. The van der Waals surface area contributed by atoms with Crippen LogP contribution in [0.5, 0.6) is 0 Å². The highest BCUT2D eigenvalue weighted by Gasteiger charge is 2.09. The first kappa shape index (κ1) is 15.7. The molecule has 0 fully saturated rings. The summed E-state index contributed by atoms with van der Waals surface area (Å²) >= 11 is 3.47. The lowest BCUT2D eigenvalue weighted by atomic mass is 10.0. The van der Waals surface area contributed by atoms with E-state index in [9.17, 15) is 4.79 Å². The fourth-order valence-corrected chi connectivity index (χ4v) is 2.64. The molecule has 0 bridgehead atoms. The molecule has 4 heteroatoms. The summed E-state index contributed by atoms with van der Waals surface area (Å²) < 4.78 is 1.06. The summed E-state index contributed by atoms with van der Waals surface area (Å²) in [5, 5.41) is 12.4. The van der Waals surface area contributed by atoms with Crippen molar-refractivity contribution in [1.29, 1.82) is 0 Å². The van der Waals surface area contributed by atoms with Gasteiger partial charge in [0.2, 0.25) is 0 Å². The van der Waals surface area contributed by atoms with E-state index in [0.29, 0.717) is 6.54 Å². The van der Waals surface area contributed by atoms with Gasteiger partial charge in [-0.05, 0) is 35.7 Å². The Labute approximate surface area is 133 Å². The van der Waals surface area contributed by atoms with Gasteiger partial charge in [-0.1, -0.05) is 52.3 Å². The van der Waals surface area contributed by atoms with Crippen LogP contribution in [0.15, 0.2) is 53.0 Å². The predicted molar refractivity (Wildman–Crippen MR) is 87.2 cm³/mol. The van der Waals surface area contributed by atoms with Crippen molar-refractivity contribution >= 4 is 21.9 Å². The molecule has 0 aliphatic heterocycles. The molecule has 0 amide bonds. The molecule has 110 valence electrons. The van der Waals surface area contributed by atoms with E-state index in [-0.39, 0.29) is 12.5 Å². The van der Waals surface area contributed by atoms with Crippen LogP contribution in [-0.2, 0) is 17.8 Å². The number of hydrogen-bond donors (Lipinski definition) is 2. The third-order valence-corrected chi connectivity index (χ3v) is 3.90. The van der Waals surface area contributed by atoms with Gasteiger partial charge in [0, 0.05) is 17.1 Å². The Balaban J connectivity index is 2.04.